The van der Waals surface area contributed by atoms with Crippen LogP contribution in [0.25, 0.3) is 5.69 Å². The first-order valence-electron chi connectivity index (χ1n) is 11.8. The van der Waals surface area contributed by atoms with Crippen LogP contribution in [0.3, 0.4) is 0 Å². The van der Waals surface area contributed by atoms with Crippen LogP contribution in [0, 0.1) is 12.8 Å². The Kier molecular flexibility index (Phi) is 7.87. The zero-order valence-electron chi connectivity index (χ0n) is 19.7. The molecular weight excluding hydrogens is 438 g/mol. The van der Waals surface area contributed by atoms with E-state index in [1.807, 2.05) is 49.0 Å². The quantitative estimate of drug-likeness (QED) is 0.484. The monoisotopic (exact) mass is 471 g/mol. The lowest BCUT2D eigenvalue weighted by Crippen LogP contribution is -2.35. The maximum absolute atomic E-state index is 13.5. The van der Waals surface area contributed by atoms with Crippen LogP contribution in [0.2, 0.25) is 0 Å². The standard InChI is InChI=1S/C25H33N3O6/c1-17-23(25(31)28(27(17)2)20-6-4-3-5-7-20)19-14-21(24(30)26-16-18-8-9-18)34-22(15-19)33-13-12-32-11-10-29/h3-7,14,18-19,22,29H,8-13,15-16H2,1-2H3,(H,26,30). The van der Waals surface area contributed by atoms with Crippen molar-refractivity contribution in [3.05, 3.63) is 63.8 Å². The summed E-state index contributed by atoms with van der Waals surface area (Å²) in [5.41, 5.74) is 2.08. The highest BCUT2D eigenvalue weighted by atomic mass is 16.7. The average Bonchev–Trinajstić information content (AvgIpc) is 3.64. The third-order valence-corrected chi connectivity index (χ3v) is 6.27. The Bertz CT molecular complexity index is 1070. The van der Waals surface area contributed by atoms with Gasteiger partial charge in [-0.05, 0) is 43.9 Å². The van der Waals surface area contributed by atoms with Crippen molar-refractivity contribution in [1.29, 1.82) is 0 Å². The number of carbonyl (C=O) groups excluding carboxylic acids is 1. The van der Waals surface area contributed by atoms with Gasteiger partial charge in [-0.2, -0.15) is 0 Å². The molecule has 2 heterocycles. The summed E-state index contributed by atoms with van der Waals surface area (Å²) in [6.07, 6.45) is 3.70. The third kappa shape index (κ3) is 5.60. The minimum atomic E-state index is -0.696. The molecule has 1 aliphatic heterocycles. The minimum absolute atomic E-state index is 0.0585. The molecule has 2 unspecified atom stereocenters. The van der Waals surface area contributed by atoms with Crippen LogP contribution in [0.4, 0.5) is 0 Å². The molecule has 0 bridgehead atoms. The fourth-order valence-corrected chi connectivity index (χ4v) is 4.19. The van der Waals surface area contributed by atoms with Gasteiger partial charge in [-0.25, -0.2) is 4.68 Å². The lowest BCUT2D eigenvalue weighted by Gasteiger charge is -2.29. The van der Waals surface area contributed by atoms with E-state index in [1.165, 1.54) is 0 Å². The summed E-state index contributed by atoms with van der Waals surface area (Å²) in [6.45, 7) is 3.24. The van der Waals surface area contributed by atoms with Crippen molar-refractivity contribution in [2.24, 2.45) is 13.0 Å². The van der Waals surface area contributed by atoms with Crippen molar-refractivity contribution < 1.29 is 24.1 Å². The lowest BCUT2D eigenvalue weighted by atomic mass is 9.93. The second kappa shape index (κ2) is 11.0. The van der Waals surface area contributed by atoms with Gasteiger partial charge in [-0.15, -0.1) is 0 Å². The molecule has 4 rings (SSSR count). The van der Waals surface area contributed by atoms with Gasteiger partial charge >= 0.3 is 0 Å². The Morgan fingerprint density at radius 1 is 1.21 bits per heavy atom. The summed E-state index contributed by atoms with van der Waals surface area (Å²) in [5.74, 6) is 0.0716. The Morgan fingerprint density at radius 2 is 1.97 bits per heavy atom. The number of ether oxygens (including phenoxy) is 3. The number of allylic oxidation sites excluding steroid dienone is 1. The van der Waals surface area contributed by atoms with Crippen LogP contribution in [-0.2, 0) is 26.1 Å². The number of amides is 1. The first-order valence-corrected chi connectivity index (χ1v) is 11.8. The highest BCUT2D eigenvalue weighted by Gasteiger charge is 2.33. The molecule has 1 saturated carbocycles. The zero-order chi connectivity index (χ0) is 24.1. The van der Waals surface area contributed by atoms with Crippen LogP contribution in [0.15, 0.2) is 47.0 Å². The van der Waals surface area contributed by atoms with E-state index in [2.05, 4.69) is 5.32 Å². The smallest absolute Gasteiger partial charge is 0.286 e. The number of nitrogens with zero attached hydrogens (tertiary/aromatic N) is 2. The first-order chi connectivity index (χ1) is 16.5. The van der Waals surface area contributed by atoms with Crippen molar-refractivity contribution in [2.45, 2.75) is 38.4 Å². The van der Waals surface area contributed by atoms with Gasteiger partial charge in [0.25, 0.3) is 11.5 Å². The number of hydrogen-bond donors (Lipinski definition) is 2. The van der Waals surface area contributed by atoms with Gasteiger partial charge in [0.15, 0.2) is 5.76 Å². The molecule has 2 N–H and O–H groups in total. The summed E-state index contributed by atoms with van der Waals surface area (Å²) in [6, 6.07) is 9.47. The van der Waals surface area contributed by atoms with E-state index < -0.39 is 6.29 Å². The molecule has 1 amide bonds. The van der Waals surface area contributed by atoms with E-state index >= 15 is 0 Å². The highest BCUT2D eigenvalue weighted by Crippen LogP contribution is 2.32. The fourth-order valence-electron chi connectivity index (χ4n) is 4.19. The van der Waals surface area contributed by atoms with E-state index in [-0.39, 0.29) is 43.0 Å². The summed E-state index contributed by atoms with van der Waals surface area (Å²) >= 11 is 0. The number of hydrogen-bond acceptors (Lipinski definition) is 6. The van der Waals surface area contributed by atoms with Gasteiger partial charge < -0.3 is 24.6 Å². The molecule has 1 aromatic heterocycles. The second-order valence-corrected chi connectivity index (χ2v) is 8.76. The molecule has 9 nitrogen and oxygen atoms in total. The van der Waals surface area contributed by atoms with E-state index in [0.717, 1.165) is 24.2 Å². The second-order valence-electron chi connectivity index (χ2n) is 8.76. The van der Waals surface area contributed by atoms with E-state index in [4.69, 9.17) is 19.3 Å². The molecule has 1 aliphatic carbocycles. The number of aromatic nitrogens is 2. The Hall–Kier alpha value is -2.88. The van der Waals surface area contributed by atoms with Gasteiger partial charge in [0.05, 0.1) is 32.1 Å². The molecule has 9 heteroatoms. The minimum Gasteiger partial charge on any atom is -0.459 e. The number of aliphatic hydroxyl groups excluding tert-OH is 1. The van der Waals surface area contributed by atoms with Crippen molar-refractivity contribution in [1.82, 2.24) is 14.7 Å². The molecule has 1 fully saturated rings. The van der Waals surface area contributed by atoms with Crippen LogP contribution < -0.4 is 10.9 Å². The van der Waals surface area contributed by atoms with E-state index in [0.29, 0.717) is 31.1 Å². The number of para-hydroxylation sites is 1. The SMILES string of the molecule is Cc1c(C2C=C(C(=O)NCC3CC3)OC(OCCOCCO)C2)c(=O)n(-c2ccccc2)n1C. The lowest BCUT2D eigenvalue weighted by molar-refractivity contribution is -0.151. The molecule has 2 atom stereocenters. The average molecular weight is 472 g/mol. The van der Waals surface area contributed by atoms with E-state index in [9.17, 15) is 9.59 Å². The summed E-state index contributed by atoms with van der Waals surface area (Å²) in [7, 11) is 1.85. The number of nitrogens with one attached hydrogen (secondary N) is 1. The fraction of sp³-hybridized carbons (Fsp3) is 0.520. The molecule has 34 heavy (non-hydrogen) atoms. The highest BCUT2D eigenvalue weighted by molar-refractivity contribution is 5.91. The topological polar surface area (TPSA) is 104 Å². The molecule has 1 aromatic carbocycles. The van der Waals surface area contributed by atoms with Crippen LogP contribution in [0.5, 0.6) is 0 Å². The zero-order valence-corrected chi connectivity index (χ0v) is 19.7. The summed E-state index contributed by atoms with van der Waals surface area (Å²) in [4.78, 5) is 26.4. The van der Waals surface area contributed by atoms with Gasteiger partial charge in [0.1, 0.15) is 0 Å². The molecule has 2 aliphatic rings. The summed E-state index contributed by atoms with van der Waals surface area (Å²) in [5, 5.41) is 11.8. The van der Waals surface area contributed by atoms with Gasteiger partial charge in [0, 0.05) is 37.2 Å². The Balaban J connectivity index is 1.59. The molecule has 0 radical (unpaired) electrons. The maximum Gasteiger partial charge on any atom is 0.286 e. The van der Waals surface area contributed by atoms with E-state index in [1.54, 1.807) is 10.8 Å². The number of rotatable bonds is 11. The first kappa shape index (κ1) is 24.3. The van der Waals surface area contributed by atoms with Crippen LogP contribution >= 0.6 is 0 Å². The Morgan fingerprint density at radius 3 is 2.68 bits per heavy atom. The predicted molar refractivity (Wildman–Crippen MR) is 126 cm³/mol. The number of aliphatic hydroxyl groups is 1. The Labute approximate surface area is 198 Å². The van der Waals surface area contributed by atoms with Gasteiger partial charge in [-0.3, -0.25) is 14.3 Å². The van der Waals surface area contributed by atoms with Crippen molar-refractivity contribution in [3.63, 3.8) is 0 Å². The normalized spacial score (nSPS) is 20.0. The van der Waals surface area contributed by atoms with Crippen molar-refractivity contribution >= 4 is 5.91 Å². The van der Waals surface area contributed by atoms with Crippen LogP contribution in [-0.4, -0.2) is 59.6 Å². The van der Waals surface area contributed by atoms with Gasteiger partial charge in [-0.1, -0.05) is 18.2 Å². The molecule has 0 spiro atoms. The van der Waals surface area contributed by atoms with Crippen LogP contribution in [0.1, 0.15) is 36.4 Å². The predicted octanol–water partition coefficient (Wildman–Crippen LogP) is 1.75. The largest absolute Gasteiger partial charge is 0.459 e. The third-order valence-electron chi connectivity index (χ3n) is 6.27. The van der Waals surface area contributed by atoms with Crippen molar-refractivity contribution in [3.8, 4) is 5.69 Å². The van der Waals surface area contributed by atoms with Gasteiger partial charge in [0.2, 0.25) is 6.29 Å². The molecule has 2 aromatic rings. The van der Waals surface area contributed by atoms with Crippen molar-refractivity contribution in [2.75, 3.05) is 33.0 Å². The molecule has 184 valence electrons. The number of carbonyl (C=O) groups is 1. The maximum atomic E-state index is 13.5. The molecular formula is C25H33N3O6. The number of benzene rings is 1. The summed E-state index contributed by atoms with van der Waals surface area (Å²) < 4.78 is 20.4. The molecule has 0 saturated heterocycles.